The maximum Gasteiger partial charge on any atom is 0.115 e. The molecular formula is C18H22O2. The summed E-state index contributed by atoms with van der Waals surface area (Å²) in [5.74, 6) is 1.04. The lowest BCUT2D eigenvalue weighted by Gasteiger charge is -2.17. The van der Waals surface area contributed by atoms with E-state index in [2.05, 4.69) is 13.8 Å². The minimum atomic E-state index is 0.303. The fraction of sp³-hybridized carbons (Fsp3) is 0.333. The summed E-state index contributed by atoms with van der Waals surface area (Å²) in [6.45, 7) is 4.36. The van der Waals surface area contributed by atoms with Gasteiger partial charge in [-0.15, -0.1) is 0 Å². The van der Waals surface area contributed by atoms with Gasteiger partial charge in [-0.2, -0.15) is 0 Å². The van der Waals surface area contributed by atoms with Crippen LogP contribution in [-0.2, 0) is 12.8 Å². The molecule has 1 atom stereocenters. The van der Waals surface area contributed by atoms with Crippen molar-refractivity contribution in [2.75, 3.05) is 0 Å². The zero-order chi connectivity index (χ0) is 14.5. The molecule has 0 bridgehead atoms. The number of rotatable bonds is 5. The third-order valence-corrected chi connectivity index (χ3v) is 3.66. The number of hydrogen-bond acceptors (Lipinski definition) is 2. The van der Waals surface area contributed by atoms with E-state index in [-0.39, 0.29) is 0 Å². The van der Waals surface area contributed by atoms with Crippen molar-refractivity contribution in [2.24, 2.45) is 0 Å². The molecule has 0 fully saturated rings. The molecule has 2 rings (SSSR count). The molecule has 106 valence electrons. The van der Waals surface area contributed by atoms with Crippen molar-refractivity contribution in [3.63, 3.8) is 0 Å². The summed E-state index contributed by atoms with van der Waals surface area (Å²) >= 11 is 0. The topological polar surface area (TPSA) is 40.5 Å². The highest BCUT2D eigenvalue weighted by Crippen LogP contribution is 2.28. The molecule has 0 aliphatic heterocycles. The van der Waals surface area contributed by atoms with Gasteiger partial charge < -0.3 is 10.2 Å². The summed E-state index contributed by atoms with van der Waals surface area (Å²) in [5.41, 5.74) is 3.75. The van der Waals surface area contributed by atoms with Gasteiger partial charge in [-0.25, -0.2) is 0 Å². The molecule has 2 nitrogen and oxygen atoms in total. The Morgan fingerprint density at radius 2 is 1.60 bits per heavy atom. The molecule has 0 radical (unpaired) electrons. The molecule has 2 aromatic carbocycles. The third kappa shape index (κ3) is 3.53. The quantitative estimate of drug-likeness (QED) is 0.845. The molecule has 0 aliphatic rings. The second kappa shape index (κ2) is 6.47. The second-order valence-electron chi connectivity index (χ2n) is 5.40. The van der Waals surface area contributed by atoms with Crippen LogP contribution in [0, 0.1) is 0 Å². The standard InChI is InChI=1S/C18H22O2/c1-3-4-15-12-17(20)9-10-18(15)13(2)11-14-5-7-16(19)8-6-14/h5-10,12-13,19-20H,3-4,11H2,1-2H3. The van der Waals surface area contributed by atoms with Crippen molar-refractivity contribution in [3.05, 3.63) is 59.2 Å². The van der Waals surface area contributed by atoms with Gasteiger partial charge in [-0.05, 0) is 59.7 Å². The lowest BCUT2D eigenvalue weighted by molar-refractivity contribution is 0.473. The van der Waals surface area contributed by atoms with Crippen molar-refractivity contribution in [2.45, 2.75) is 39.0 Å². The van der Waals surface area contributed by atoms with E-state index in [1.807, 2.05) is 24.3 Å². The number of aryl methyl sites for hydroxylation is 1. The Morgan fingerprint density at radius 3 is 2.25 bits per heavy atom. The Balaban J connectivity index is 2.19. The monoisotopic (exact) mass is 270 g/mol. The summed E-state index contributed by atoms with van der Waals surface area (Å²) in [6.07, 6.45) is 2.99. The zero-order valence-corrected chi connectivity index (χ0v) is 12.1. The average molecular weight is 270 g/mol. The van der Waals surface area contributed by atoms with Crippen molar-refractivity contribution in [1.82, 2.24) is 0 Å². The highest BCUT2D eigenvalue weighted by atomic mass is 16.3. The normalized spacial score (nSPS) is 12.3. The van der Waals surface area contributed by atoms with Crippen molar-refractivity contribution < 1.29 is 10.2 Å². The van der Waals surface area contributed by atoms with E-state index >= 15 is 0 Å². The summed E-state index contributed by atoms with van der Waals surface area (Å²) in [6, 6.07) is 13.1. The van der Waals surface area contributed by atoms with E-state index < -0.39 is 0 Å². The summed E-state index contributed by atoms with van der Waals surface area (Å²) in [4.78, 5) is 0. The van der Waals surface area contributed by atoms with Crippen LogP contribution < -0.4 is 0 Å². The number of phenols is 2. The van der Waals surface area contributed by atoms with Crippen LogP contribution in [0.3, 0.4) is 0 Å². The third-order valence-electron chi connectivity index (χ3n) is 3.66. The molecule has 0 aromatic heterocycles. The molecule has 20 heavy (non-hydrogen) atoms. The summed E-state index contributed by atoms with van der Waals surface area (Å²) in [7, 11) is 0. The van der Waals surface area contributed by atoms with Crippen LogP contribution in [0.5, 0.6) is 11.5 Å². The maximum absolute atomic E-state index is 9.64. The molecule has 0 saturated heterocycles. The van der Waals surface area contributed by atoms with E-state index in [0.717, 1.165) is 19.3 Å². The fourth-order valence-corrected chi connectivity index (χ4v) is 2.65. The van der Waals surface area contributed by atoms with Gasteiger partial charge in [0.15, 0.2) is 0 Å². The van der Waals surface area contributed by atoms with Gasteiger partial charge in [0.1, 0.15) is 11.5 Å². The van der Waals surface area contributed by atoms with Crippen LogP contribution in [0.1, 0.15) is 42.9 Å². The van der Waals surface area contributed by atoms with Gasteiger partial charge in [0, 0.05) is 0 Å². The first-order valence-corrected chi connectivity index (χ1v) is 7.20. The highest BCUT2D eigenvalue weighted by Gasteiger charge is 2.12. The molecule has 0 heterocycles. The summed E-state index contributed by atoms with van der Waals surface area (Å²) in [5, 5.41) is 19.0. The molecule has 2 heteroatoms. The fourth-order valence-electron chi connectivity index (χ4n) is 2.65. The molecule has 2 N–H and O–H groups in total. The molecule has 0 spiro atoms. The van der Waals surface area contributed by atoms with Crippen molar-refractivity contribution >= 4 is 0 Å². The van der Waals surface area contributed by atoms with E-state index in [9.17, 15) is 10.2 Å². The van der Waals surface area contributed by atoms with Crippen LogP contribution in [0.4, 0.5) is 0 Å². The van der Waals surface area contributed by atoms with E-state index in [0.29, 0.717) is 17.4 Å². The largest absolute Gasteiger partial charge is 0.508 e. The van der Waals surface area contributed by atoms with Crippen LogP contribution in [0.25, 0.3) is 0 Å². The van der Waals surface area contributed by atoms with E-state index in [1.54, 1.807) is 18.2 Å². The molecule has 0 amide bonds. The van der Waals surface area contributed by atoms with E-state index in [4.69, 9.17) is 0 Å². The number of hydrogen-bond donors (Lipinski definition) is 2. The minimum Gasteiger partial charge on any atom is -0.508 e. The van der Waals surface area contributed by atoms with Gasteiger partial charge in [-0.1, -0.05) is 38.5 Å². The first-order chi connectivity index (χ1) is 9.60. The lowest BCUT2D eigenvalue weighted by Crippen LogP contribution is -2.02. The Labute approximate surface area is 120 Å². The zero-order valence-electron chi connectivity index (χ0n) is 12.1. The Kier molecular flexibility index (Phi) is 4.67. The van der Waals surface area contributed by atoms with E-state index in [1.165, 1.54) is 16.7 Å². The Hall–Kier alpha value is -1.96. The SMILES string of the molecule is CCCc1cc(O)ccc1C(C)Cc1ccc(O)cc1. The number of benzene rings is 2. The second-order valence-corrected chi connectivity index (χ2v) is 5.40. The smallest absolute Gasteiger partial charge is 0.115 e. The van der Waals surface area contributed by atoms with Crippen LogP contribution >= 0.6 is 0 Å². The van der Waals surface area contributed by atoms with Gasteiger partial charge in [0.2, 0.25) is 0 Å². The molecule has 1 unspecified atom stereocenters. The highest BCUT2D eigenvalue weighted by molar-refractivity contribution is 5.38. The molecule has 2 aromatic rings. The molecule has 0 saturated carbocycles. The Bertz CT molecular complexity index is 558. The molecular weight excluding hydrogens is 248 g/mol. The first-order valence-electron chi connectivity index (χ1n) is 7.20. The summed E-state index contributed by atoms with van der Waals surface area (Å²) < 4.78 is 0. The predicted molar refractivity (Wildman–Crippen MR) is 82.3 cm³/mol. The Morgan fingerprint density at radius 1 is 0.950 bits per heavy atom. The van der Waals surface area contributed by atoms with Crippen LogP contribution in [0.15, 0.2) is 42.5 Å². The lowest BCUT2D eigenvalue weighted by atomic mass is 9.88. The van der Waals surface area contributed by atoms with Crippen molar-refractivity contribution in [3.8, 4) is 11.5 Å². The van der Waals surface area contributed by atoms with Gasteiger partial charge >= 0.3 is 0 Å². The van der Waals surface area contributed by atoms with Gasteiger partial charge in [0.25, 0.3) is 0 Å². The minimum absolute atomic E-state index is 0.303. The number of aromatic hydroxyl groups is 2. The maximum atomic E-state index is 9.64. The predicted octanol–water partition coefficient (Wildman–Crippen LogP) is 4.40. The average Bonchev–Trinajstić information content (AvgIpc) is 2.42. The van der Waals surface area contributed by atoms with Crippen LogP contribution in [-0.4, -0.2) is 10.2 Å². The number of phenolic OH excluding ortho intramolecular Hbond substituents is 2. The van der Waals surface area contributed by atoms with Crippen LogP contribution in [0.2, 0.25) is 0 Å². The first kappa shape index (κ1) is 14.4. The molecule has 0 aliphatic carbocycles. The van der Waals surface area contributed by atoms with Gasteiger partial charge in [0.05, 0.1) is 0 Å². The van der Waals surface area contributed by atoms with Gasteiger partial charge in [-0.3, -0.25) is 0 Å². The van der Waals surface area contributed by atoms with Crippen molar-refractivity contribution in [1.29, 1.82) is 0 Å².